The molecular formula is C30H61NO2. The molecule has 0 aliphatic carbocycles. The van der Waals surface area contributed by atoms with E-state index in [4.69, 9.17) is 5.11 Å². The Balaban J connectivity index is 3.04. The third kappa shape index (κ3) is 29.4. The van der Waals surface area contributed by atoms with E-state index in [-0.39, 0.29) is 12.5 Å². The standard InChI is InChI=1S/C30H61NO2/c1-2-3-4-5-6-7-8-9-10-11-12-13-14-15-16-17-18-19-20-21-22-23-24-25-26-27-30(33)31-28-29-32/h32H,2-29H2,1H3,(H,31,33). The summed E-state index contributed by atoms with van der Waals surface area (Å²) < 4.78 is 0. The second kappa shape index (κ2) is 29.5. The van der Waals surface area contributed by atoms with Crippen LogP contribution < -0.4 is 5.32 Å². The number of carbonyl (C=O) groups is 1. The van der Waals surface area contributed by atoms with Crippen LogP contribution in [0.15, 0.2) is 0 Å². The van der Waals surface area contributed by atoms with Crippen LogP contribution in [0, 0.1) is 0 Å². The van der Waals surface area contributed by atoms with Crippen LogP contribution in [0.25, 0.3) is 0 Å². The smallest absolute Gasteiger partial charge is 0.220 e. The molecule has 0 aromatic heterocycles. The fourth-order valence-electron chi connectivity index (χ4n) is 4.71. The van der Waals surface area contributed by atoms with E-state index in [2.05, 4.69) is 12.2 Å². The highest BCUT2D eigenvalue weighted by Gasteiger charge is 2.00. The summed E-state index contributed by atoms with van der Waals surface area (Å²) in [6.45, 7) is 2.72. The van der Waals surface area contributed by atoms with Crippen LogP contribution in [0.1, 0.15) is 174 Å². The van der Waals surface area contributed by atoms with Crippen molar-refractivity contribution in [3.63, 3.8) is 0 Å². The highest BCUT2D eigenvalue weighted by molar-refractivity contribution is 5.75. The fourth-order valence-corrected chi connectivity index (χ4v) is 4.71. The molecule has 198 valence electrons. The van der Waals surface area contributed by atoms with E-state index in [0.717, 1.165) is 12.8 Å². The normalized spacial score (nSPS) is 11.2. The summed E-state index contributed by atoms with van der Waals surface area (Å²) in [7, 11) is 0. The van der Waals surface area contributed by atoms with Gasteiger partial charge in [0.05, 0.1) is 6.61 Å². The molecule has 0 spiro atoms. The van der Waals surface area contributed by atoms with E-state index in [1.165, 1.54) is 148 Å². The molecule has 0 aromatic carbocycles. The molecule has 0 rings (SSSR count). The van der Waals surface area contributed by atoms with E-state index in [0.29, 0.717) is 13.0 Å². The van der Waals surface area contributed by atoms with Crippen LogP contribution in [0.3, 0.4) is 0 Å². The predicted molar refractivity (Wildman–Crippen MR) is 146 cm³/mol. The van der Waals surface area contributed by atoms with Crippen LogP contribution in [-0.2, 0) is 4.79 Å². The lowest BCUT2D eigenvalue weighted by atomic mass is 10.0. The monoisotopic (exact) mass is 467 g/mol. The van der Waals surface area contributed by atoms with Crippen LogP contribution >= 0.6 is 0 Å². The lowest BCUT2D eigenvalue weighted by molar-refractivity contribution is -0.121. The van der Waals surface area contributed by atoms with Crippen LogP contribution in [0.5, 0.6) is 0 Å². The number of nitrogens with one attached hydrogen (secondary N) is 1. The summed E-state index contributed by atoms with van der Waals surface area (Å²) in [5.41, 5.74) is 0. The van der Waals surface area contributed by atoms with Gasteiger partial charge >= 0.3 is 0 Å². The van der Waals surface area contributed by atoms with Gasteiger partial charge < -0.3 is 10.4 Å². The number of unbranched alkanes of at least 4 members (excludes halogenated alkanes) is 24. The molecule has 0 heterocycles. The quantitative estimate of drug-likeness (QED) is 0.113. The number of amides is 1. The van der Waals surface area contributed by atoms with Crippen molar-refractivity contribution >= 4 is 5.91 Å². The van der Waals surface area contributed by atoms with Crippen molar-refractivity contribution in [2.24, 2.45) is 0 Å². The third-order valence-corrected chi connectivity index (χ3v) is 6.94. The van der Waals surface area contributed by atoms with Gasteiger partial charge in [-0.05, 0) is 6.42 Å². The first-order valence-electron chi connectivity index (χ1n) is 15.2. The summed E-state index contributed by atoms with van der Waals surface area (Å²) >= 11 is 0. The van der Waals surface area contributed by atoms with Crippen molar-refractivity contribution in [1.82, 2.24) is 5.32 Å². The zero-order valence-electron chi connectivity index (χ0n) is 22.7. The van der Waals surface area contributed by atoms with Crippen molar-refractivity contribution in [3.05, 3.63) is 0 Å². The highest BCUT2D eigenvalue weighted by Crippen LogP contribution is 2.15. The van der Waals surface area contributed by atoms with Crippen LogP contribution in [0.4, 0.5) is 0 Å². The van der Waals surface area contributed by atoms with Gasteiger partial charge in [0.2, 0.25) is 5.91 Å². The van der Waals surface area contributed by atoms with Gasteiger partial charge in [-0.3, -0.25) is 4.79 Å². The molecule has 1 amide bonds. The molecule has 0 atom stereocenters. The zero-order valence-corrected chi connectivity index (χ0v) is 22.7. The molecule has 33 heavy (non-hydrogen) atoms. The molecule has 0 saturated carbocycles. The molecule has 0 saturated heterocycles. The van der Waals surface area contributed by atoms with Gasteiger partial charge in [-0.2, -0.15) is 0 Å². The summed E-state index contributed by atoms with van der Waals surface area (Å²) in [6.07, 6.45) is 35.6. The Hall–Kier alpha value is -0.570. The van der Waals surface area contributed by atoms with Crippen molar-refractivity contribution in [3.8, 4) is 0 Å². The van der Waals surface area contributed by atoms with Gasteiger partial charge in [0.15, 0.2) is 0 Å². The molecule has 0 radical (unpaired) electrons. The number of rotatable bonds is 28. The fraction of sp³-hybridized carbons (Fsp3) is 0.967. The number of hydrogen-bond donors (Lipinski definition) is 2. The van der Waals surface area contributed by atoms with Gasteiger partial charge in [-0.15, -0.1) is 0 Å². The van der Waals surface area contributed by atoms with E-state index in [9.17, 15) is 4.79 Å². The molecule has 0 fully saturated rings. The first kappa shape index (κ1) is 32.4. The third-order valence-electron chi connectivity index (χ3n) is 6.94. The van der Waals surface area contributed by atoms with Crippen molar-refractivity contribution in [2.75, 3.05) is 13.2 Å². The Morgan fingerprint density at radius 3 is 1.03 bits per heavy atom. The second-order valence-corrected chi connectivity index (χ2v) is 10.3. The van der Waals surface area contributed by atoms with E-state index in [1.807, 2.05) is 0 Å². The predicted octanol–water partition coefficient (Wildman–Crippen LogP) is 9.26. The van der Waals surface area contributed by atoms with Crippen LogP contribution in [0.2, 0.25) is 0 Å². The van der Waals surface area contributed by atoms with Crippen molar-refractivity contribution in [2.45, 2.75) is 174 Å². The number of aliphatic hydroxyl groups is 1. The van der Waals surface area contributed by atoms with E-state index >= 15 is 0 Å². The Labute approximate surface area is 208 Å². The lowest BCUT2D eigenvalue weighted by Gasteiger charge is -2.05. The molecule has 3 nitrogen and oxygen atoms in total. The lowest BCUT2D eigenvalue weighted by Crippen LogP contribution is -2.25. The Morgan fingerprint density at radius 1 is 0.485 bits per heavy atom. The van der Waals surface area contributed by atoms with E-state index < -0.39 is 0 Å². The highest BCUT2D eigenvalue weighted by atomic mass is 16.3. The average molecular weight is 468 g/mol. The second-order valence-electron chi connectivity index (χ2n) is 10.3. The Kier molecular flexibility index (Phi) is 29.0. The maximum absolute atomic E-state index is 11.4. The molecule has 0 aliphatic rings. The minimum absolute atomic E-state index is 0.0330. The van der Waals surface area contributed by atoms with Gasteiger partial charge in [0, 0.05) is 13.0 Å². The summed E-state index contributed by atoms with van der Waals surface area (Å²) in [5.74, 6) is 0.0816. The van der Waals surface area contributed by atoms with Gasteiger partial charge in [0.1, 0.15) is 0 Å². The summed E-state index contributed by atoms with van der Waals surface area (Å²) in [5, 5.41) is 11.4. The first-order valence-corrected chi connectivity index (χ1v) is 15.2. The largest absolute Gasteiger partial charge is 0.395 e. The number of hydrogen-bond acceptors (Lipinski definition) is 2. The summed E-state index contributed by atoms with van der Waals surface area (Å²) in [4.78, 5) is 11.4. The minimum atomic E-state index is 0.0330. The number of aliphatic hydroxyl groups excluding tert-OH is 1. The molecule has 0 unspecified atom stereocenters. The first-order chi connectivity index (χ1) is 16.3. The van der Waals surface area contributed by atoms with Gasteiger partial charge in [-0.1, -0.05) is 161 Å². The van der Waals surface area contributed by atoms with Crippen molar-refractivity contribution in [1.29, 1.82) is 0 Å². The summed E-state index contributed by atoms with van der Waals surface area (Å²) in [6, 6.07) is 0. The Bertz CT molecular complexity index is 372. The molecule has 0 aliphatic heterocycles. The zero-order chi connectivity index (χ0) is 24.1. The molecular weight excluding hydrogens is 406 g/mol. The van der Waals surface area contributed by atoms with Gasteiger partial charge in [-0.25, -0.2) is 0 Å². The Morgan fingerprint density at radius 2 is 0.758 bits per heavy atom. The van der Waals surface area contributed by atoms with E-state index in [1.54, 1.807) is 0 Å². The molecule has 3 heteroatoms. The van der Waals surface area contributed by atoms with Crippen molar-refractivity contribution < 1.29 is 9.90 Å². The SMILES string of the molecule is CCCCCCCCCCCCCCCCCCCCCCCCCCCC(=O)NCCO. The maximum atomic E-state index is 11.4. The van der Waals surface area contributed by atoms with Gasteiger partial charge in [0.25, 0.3) is 0 Å². The molecule has 0 bridgehead atoms. The minimum Gasteiger partial charge on any atom is -0.395 e. The number of carbonyl (C=O) groups excluding carboxylic acids is 1. The average Bonchev–Trinajstić information content (AvgIpc) is 2.82. The van der Waals surface area contributed by atoms with Crippen LogP contribution in [-0.4, -0.2) is 24.2 Å². The topological polar surface area (TPSA) is 49.3 Å². The maximum Gasteiger partial charge on any atom is 0.220 e. The molecule has 0 aromatic rings. The molecule has 2 N–H and O–H groups in total.